The topological polar surface area (TPSA) is 80.9 Å². The van der Waals surface area contributed by atoms with E-state index >= 15 is 0 Å². The van der Waals surface area contributed by atoms with Crippen molar-refractivity contribution in [3.05, 3.63) is 35.4 Å². The largest absolute Gasteiger partial charge is 0.396 e. The summed E-state index contributed by atoms with van der Waals surface area (Å²) in [5.74, 6) is 0. The molecular formula is C16H26O4. The van der Waals surface area contributed by atoms with Gasteiger partial charge in [0.25, 0.3) is 0 Å². The molecule has 1 rings (SSSR count). The maximum Gasteiger partial charge on any atom is 0.0862 e. The van der Waals surface area contributed by atoms with Crippen LogP contribution in [0.1, 0.15) is 51.0 Å². The van der Waals surface area contributed by atoms with Gasteiger partial charge in [-0.3, -0.25) is 0 Å². The zero-order valence-electron chi connectivity index (χ0n) is 12.7. The second kappa shape index (κ2) is 6.22. The molecule has 20 heavy (non-hydrogen) atoms. The Morgan fingerprint density at radius 3 is 1.20 bits per heavy atom. The Labute approximate surface area is 120 Å². The molecule has 1 aromatic carbocycles. The Morgan fingerprint density at radius 1 is 0.750 bits per heavy atom. The first-order valence-electron chi connectivity index (χ1n) is 6.83. The first-order valence-corrected chi connectivity index (χ1v) is 6.83. The third-order valence-electron chi connectivity index (χ3n) is 3.86. The Hall–Kier alpha value is -0.940. The average molecular weight is 282 g/mol. The van der Waals surface area contributed by atoms with E-state index < -0.39 is 23.0 Å². The SMILES string of the molecule is CC(C)(CO)C(O)c1ccc(C(O)C(C)(C)CO)cc1. The molecule has 4 N–H and O–H groups in total. The van der Waals surface area contributed by atoms with Crippen LogP contribution in [0.25, 0.3) is 0 Å². The number of aliphatic hydroxyl groups is 4. The van der Waals surface area contributed by atoms with Crippen molar-refractivity contribution in [3.63, 3.8) is 0 Å². The lowest BCUT2D eigenvalue weighted by Gasteiger charge is -2.30. The molecule has 1 aromatic rings. The lowest BCUT2D eigenvalue weighted by atomic mass is 9.81. The Bertz CT molecular complexity index is 382. The maximum absolute atomic E-state index is 10.2. The summed E-state index contributed by atoms with van der Waals surface area (Å²) in [6, 6.07) is 6.98. The lowest BCUT2D eigenvalue weighted by Crippen LogP contribution is -2.27. The molecule has 2 atom stereocenters. The fraction of sp³-hybridized carbons (Fsp3) is 0.625. The highest BCUT2D eigenvalue weighted by atomic mass is 16.3. The van der Waals surface area contributed by atoms with Crippen molar-refractivity contribution in [2.24, 2.45) is 10.8 Å². The smallest absolute Gasteiger partial charge is 0.0862 e. The van der Waals surface area contributed by atoms with Crippen LogP contribution in [0.4, 0.5) is 0 Å². The molecule has 0 spiro atoms. The summed E-state index contributed by atoms with van der Waals surface area (Å²) in [7, 11) is 0. The zero-order chi connectivity index (χ0) is 15.6. The monoisotopic (exact) mass is 282 g/mol. The number of aliphatic hydroxyl groups excluding tert-OH is 4. The van der Waals surface area contributed by atoms with Gasteiger partial charge in [-0.15, -0.1) is 0 Å². The maximum atomic E-state index is 10.2. The highest BCUT2D eigenvalue weighted by Crippen LogP contribution is 2.36. The van der Waals surface area contributed by atoms with Crippen LogP contribution in [0.2, 0.25) is 0 Å². The number of hydrogen-bond donors (Lipinski definition) is 4. The van der Waals surface area contributed by atoms with Crippen LogP contribution in [0, 0.1) is 10.8 Å². The van der Waals surface area contributed by atoms with Crippen LogP contribution < -0.4 is 0 Å². The third-order valence-corrected chi connectivity index (χ3v) is 3.86. The van der Waals surface area contributed by atoms with Gasteiger partial charge < -0.3 is 20.4 Å². The summed E-state index contributed by atoms with van der Waals surface area (Å²) in [5, 5.41) is 39.0. The fourth-order valence-corrected chi connectivity index (χ4v) is 1.94. The van der Waals surface area contributed by atoms with Gasteiger partial charge in [0.05, 0.1) is 25.4 Å². The molecule has 0 aliphatic carbocycles. The highest BCUT2D eigenvalue weighted by Gasteiger charge is 2.30. The van der Waals surface area contributed by atoms with Crippen LogP contribution in [0.15, 0.2) is 24.3 Å². The van der Waals surface area contributed by atoms with E-state index in [0.717, 1.165) is 0 Å². The van der Waals surface area contributed by atoms with Gasteiger partial charge in [-0.05, 0) is 11.1 Å². The van der Waals surface area contributed by atoms with Crippen molar-refractivity contribution in [3.8, 4) is 0 Å². The van der Waals surface area contributed by atoms with Crippen molar-refractivity contribution in [2.45, 2.75) is 39.9 Å². The predicted molar refractivity (Wildman–Crippen MR) is 78.1 cm³/mol. The van der Waals surface area contributed by atoms with Crippen molar-refractivity contribution in [1.29, 1.82) is 0 Å². The van der Waals surface area contributed by atoms with Gasteiger partial charge in [0.1, 0.15) is 0 Å². The second-order valence-corrected chi connectivity index (χ2v) is 6.77. The van der Waals surface area contributed by atoms with Crippen LogP contribution in [-0.4, -0.2) is 33.6 Å². The second-order valence-electron chi connectivity index (χ2n) is 6.77. The molecule has 0 amide bonds. The predicted octanol–water partition coefficient (Wildman–Crippen LogP) is 1.79. The third kappa shape index (κ3) is 3.58. The molecule has 4 heteroatoms. The number of rotatable bonds is 6. The molecule has 0 saturated heterocycles. The minimum absolute atomic E-state index is 0.115. The van der Waals surface area contributed by atoms with Gasteiger partial charge in [0.2, 0.25) is 0 Å². The average Bonchev–Trinajstić information content (AvgIpc) is 2.45. The molecule has 0 heterocycles. The lowest BCUT2D eigenvalue weighted by molar-refractivity contribution is 0.00416. The van der Waals surface area contributed by atoms with Gasteiger partial charge in [-0.25, -0.2) is 0 Å². The van der Waals surface area contributed by atoms with Gasteiger partial charge in [0, 0.05) is 10.8 Å². The standard InChI is InChI=1S/C16H26O4/c1-15(2,9-17)13(19)11-5-7-12(8-6-11)14(20)16(3,4)10-18/h5-8,13-14,17-20H,9-10H2,1-4H3. The van der Waals surface area contributed by atoms with Gasteiger partial charge in [0.15, 0.2) is 0 Å². The van der Waals surface area contributed by atoms with E-state index in [1.807, 2.05) is 0 Å². The number of benzene rings is 1. The molecule has 0 aliphatic heterocycles. The Balaban J connectivity index is 2.95. The van der Waals surface area contributed by atoms with E-state index in [4.69, 9.17) is 0 Å². The molecule has 0 aliphatic rings. The molecular weight excluding hydrogens is 256 g/mol. The first-order chi connectivity index (χ1) is 9.15. The summed E-state index contributed by atoms with van der Waals surface area (Å²) in [6.45, 7) is 6.92. The first kappa shape index (κ1) is 17.1. The van der Waals surface area contributed by atoms with E-state index in [0.29, 0.717) is 11.1 Å². The quantitative estimate of drug-likeness (QED) is 0.641. The number of hydrogen-bond acceptors (Lipinski definition) is 4. The molecule has 4 nitrogen and oxygen atoms in total. The molecule has 0 fully saturated rings. The summed E-state index contributed by atoms with van der Waals surface area (Å²) >= 11 is 0. The molecule has 114 valence electrons. The van der Waals surface area contributed by atoms with E-state index in [1.165, 1.54) is 0 Å². The molecule has 0 aromatic heterocycles. The molecule has 2 unspecified atom stereocenters. The van der Waals surface area contributed by atoms with Gasteiger partial charge >= 0.3 is 0 Å². The Kier molecular flexibility index (Phi) is 5.33. The van der Waals surface area contributed by atoms with E-state index in [2.05, 4.69) is 0 Å². The summed E-state index contributed by atoms with van der Waals surface area (Å²) in [5.41, 5.74) is 0.151. The van der Waals surface area contributed by atoms with Gasteiger partial charge in [-0.1, -0.05) is 52.0 Å². The van der Waals surface area contributed by atoms with Crippen molar-refractivity contribution in [1.82, 2.24) is 0 Å². The molecule has 0 radical (unpaired) electrons. The minimum Gasteiger partial charge on any atom is -0.396 e. The van der Waals surface area contributed by atoms with Crippen molar-refractivity contribution >= 4 is 0 Å². The molecule has 0 saturated carbocycles. The zero-order valence-corrected chi connectivity index (χ0v) is 12.7. The normalized spacial score (nSPS) is 16.0. The van der Waals surface area contributed by atoms with Crippen LogP contribution in [-0.2, 0) is 0 Å². The van der Waals surface area contributed by atoms with Crippen LogP contribution in [0.5, 0.6) is 0 Å². The summed E-state index contributed by atoms with van der Waals surface area (Å²) in [6.07, 6.45) is -1.55. The fourth-order valence-electron chi connectivity index (χ4n) is 1.94. The van der Waals surface area contributed by atoms with Crippen molar-refractivity contribution in [2.75, 3.05) is 13.2 Å². The van der Waals surface area contributed by atoms with Crippen molar-refractivity contribution < 1.29 is 20.4 Å². The Morgan fingerprint density at radius 2 is 1.00 bits per heavy atom. The highest BCUT2D eigenvalue weighted by molar-refractivity contribution is 5.27. The van der Waals surface area contributed by atoms with Crippen LogP contribution in [0.3, 0.4) is 0 Å². The summed E-state index contributed by atoms with van der Waals surface area (Å²) < 4.78 is 0. The van der Waals surface area contributed by atoms with Crippen LogP contribution >= 0.6 is 0 Å². The van der Waals surface area contributed by atoms with E-state index in [1.54, 1.807) is 52.0 Å². The minimum atomic E-state index is -0.774. The van der Waals surface area contributed by atoms with E-state index in [-0.39, 0.29) is 13.2 Å². The summed E-state index contributed by atoms with van der Waals surface area (Å²) in [4.78, 5) is 0. The molecule has 0 bridgehead atoms. The van der Waals surface area contributed by atoms with E-state index in [9.17, 15) is 20.4 Å². The van der Waals surface area contributed by atoms with Gasteiger partial charge in [-0.2, -0.15) is 0 Å².